The summed E-state index contributed by atoms with van der Waals surface area (Å²) in [5.74, 6) is 0. The summed E-state index contributed by atoms with van der Waals surface area (Å²) in [6.45, 7) is 7.80. The smallest absolute Gasteiger partial charge is 0.0348 e. The molecule has 0 fully saturated rings. The van der Waals surface area contributed by atoms with Gasteiger partial charge in [0.2, 0.25) is 0 Å². The van der Waals surface area contributed by atoms with E-state index in [4.69, 9.17) is 0 Å². The molecule has 62 valence electrons. The molecule has 0 saturated heterocycles. The van der Waals surface area contributed by atoms with E-state index < -0.39 is 0 Å². The van der Waals surface area contributed by atoms with Gasteiger partial charge in [0.15, 0.2) is 0 Å². The molecule has 1 heterocycles. The molecule has 1 aromatic heterocycles. The van der Waals surface area contributed by atoms with E-state index in [0.717, 1.165) is 10.8 Å². The van der Waals surface area contributed by atoms with Crippen LogP contribution in [-0.4, -0.2) is 4.98 Å². The van der Waals surface area contributed by atoms with Gasteiger partial charge in [-0.05, 0) is 30.7 Å². The van der Waals surface area contributed by atoms with Crippen LogP contribution in [0.15, 0.2) is 31.1 Å². The molecule has 0 radical (unpaired) electrons. The lowest BCUT2D eigenvalue weighted by Crippen LogP contribution is -2.25. The second kappa shape index (κ2) is 3.86. The minimum atomic E-state index is 1.16. The van der Waals surface area contributed by atoms with E-state index in [1.807, 2.05) is 32.2 Å². The van der Waals surface area contributed by atoms with Crippen molar-refractivity contribution in [2.24, 2.45) is 0 Å². The first-order chi connectivity index (χ1) is 5.79. The number of hydrogen-bond donors (Lipinski definition) is 0. The molecule has 0 aliphatic heterocycles. The molecular weight excluding hydrogens is 146 g/mol. The zero-order valence-corrected chi connectivity index (χ0v) is 7.54. The predicted molar refractivity (Wildman–Crippen MR) is 52.9 cm³/mol. The Hall–Kier alpha value is -1.37. The van der Waals surface area contributed by atoms with Gasteiger partial charge in [-0.2, -0.15) is 0 Å². The van der Waals surface area contributed by atoms with Gasteiger partial charge in [0.1, 0.15) is 0 Å². The Bertz CT molecular complexity index is 388. The van der Waals surface area contributed by atoms with E-state index in [1.165, 1.54) is 5.22 Å². The summed E-state index contributed by atoms with van der Waals surface area (Å²) in [5, 5.41) is 2.37. The van der Waals surface area contributed by atoms with Gasteiger partial charge in [-0.15, -0.1) is 0 Å². The van der Waals surface area contributed by atoms with Crippen molar-refractivity contribution < 1.29 is 0 Å². The molecule has 0 aliphatic rings. The van der Waals surface area contributed by atoms with E-state index in [0.29, 0.717) is 0 Å². The molecule has 1 aromatic rings. The summed E-state index contributed by atoms with van der Waals surface area (Å²) >= 11 is 0. The van der Waals surface area contributed by atoms with Crippen molar-refractivity contribution in [3.63, 3.8) is 0 Å². The maximum absolute atomic E-state index is 4.07. The second-order valence-electron chi connectivity index (χ2n) is 2.64. The molecule has 0 amide bonds. The highest BCUT2D eigenvalue weighted by Crippen LogP contribution is 1.86. The van der Waals surface area contributed by atoms with E-state index in [9.17, 15) is 0 Å². The number of allylic oxidation sites excluding steroid dienone is 1. The summed E-state index contributed by atoms with van der Waals surface area (Å²) in [6, 6.07) is 2.00. The highest BCUT2D eigenvalue weighted by molar-refractivity contribution is 5.53. The first-order valence-corrected chi connectivity index (χ1v) is 3.99. The van der Waals surface area contributed by atoms with Crippen LogP contribution in [0.4, 0.5) is 0 Å². The minimum Gasteiger partial charge on any atom is -0.264 e. The average Bonchev–Trinajstić information content (AvgIpc) is 2.16. The first-order valence-electron chi connectivity index (χ1n) is 3.99. The van der Waals surface area contributed by atoms with Crippen molar-refractivity contribution in [1.29, 1.82) is 0 Å². The number of pyridine rings is 1. The topological polar surface area (TPSA) is 12.9 Å². The Labute approximate surface area is 72.8 Å². The second-order valence-corrected chi connectivity index (χ2v) is 2.64. The van der Waals surface area contributed by atoms with Crippen LogP contribution in [0.5, 0.6) is 0 Å². The molecule has 1 nitrogen and oxygen atoms in total. The fourth-order valence-corrected chi connectivity index (χ4v) is 1.10. The Morgan fingerprint density at radius 3 is 2.92 bits per heavy atom. The third kappa shape index (κ3) is 1.62. The fraction of sp³-hybridized carbons (Fsp3) is 0.182. The summed E-state index contributed by atoms with van der Waals surface area (Å²) in [6.07, 6.45) is 7.59. The van der Waals surface area contributed by atoms with Crippen molar-refractivity contribution in [2.45, 2.75) is 13.8 Å². The Morgan fingerprint density at radius 2 is 2.33 bits per heavy atom. The average molecular weight is 159 g/mol. The van der Waals surface area contributed by atoms with Crippen LogP contribution in [0.25, 0.3) is 11.6 Å². The molecular formula is C11H13N. The van der Waals surface area contributed by atoms with E-state index >= 15 is 0 Å². The number of hydrogen-bond acceptors (Lipinski definition) is 1. The molecule has 0 saturated carbocycles. The van der Waals surface area contributed by atoms with Crippen molar-refractivity contribution in [3.05, 3.63) is 41.6 Å². The zero-order valence-electron chi connectivity index (χ0n) is 7.54. The summed E-state index contributed by atoms with van der Waals surface area (Å²) in [7, 11) is 0. The van der Waals surface area contributed by atoms with Gasteiger partial charge in [0.05, 0.1) is 0 Å². The lowest BCUT2D eigenvalue weighted by Gasteiger charge is -1.92. The monoisotopic (exact) mass is 159 g/mol. The molecule has 12 heavy (non-hydrogen) atoms. The van der Waals surface area contributed by atoms with Crippen LogP contribution >= 0.6 is 0 Å². The third-order valence-corrected chi connectivity index (χ3v) is 1.90. The predicted octanol–water partition coefficient (Wildman–Crippen LogP) is 1.24. The molecule has 0 aromatic carbocycles. The molecule has 0 unspecified atom stereocenters. The van der Waals surface area contributed by atoms with Gasteiger partial charge in [0, 0.05) is 17.6 Å². The summed E-state index contributed by atoms with van der Waals surface area (Å²) in [5.41, 5.74) is 1.16. The largest absolute Gasteiger partial charge is 0.264 e. The Balaban J connectivity index is 3.65. The van der Waals surface area contributed by atoms with Crippen molar-refractivity contribution in [1.82, 2.24) is 4.98 Å². The van der Waals surface area contributed by atoms with Crippen LogP contribution in [0.3, 0.4) is 0 Å². The highest BCUT2D eigenvalue weighted by Gasteiger charge is 1.86. The standard InChI is InChI=1S/C11H13N/c1-4-9(3)11-8-12-7-6-10(11)5-2/h4-8H,1H2,2-3H3/b10-5-,11-9-. The molecule has 0 atom stereocenters. The number of rotatable bonds is 1. The SMILES string of the molecule is C=C/C(C)=c1/cncc/c1=C/C. The Morgan fingerprint density at radius 1 is 1.58 bits per heavy atom. The quantitative estimate of drug-likeness (QED) is 0.600. The minimum absolute atomic E-state index is 1.16. The summed E-state index contributed by atoms with van der Waals surface area (Å²) < 4.78 is 0. The van der Waals surface area contributed by atoms with Gasteiger partial charge in [-0.3, -0.25) is 4.98 Å². The number of nitrogens with zero attached hydrogens (tertiary/aromatic N) is 1. The van der Waals surface area contributed by atoms with Gasteiger partial charge in [0.25, 0.3) is 0 Å². The molecule has 1 heteroatoms. The van der Waals surface area contributed by atoms with Crippen LogP contribution in [0.1, 0.15) is 13.8 Å². The van der Waals surface area contributed by atoms with Crippen LogP contribution in [0, 0.1) is 0 Å². The first kappa shape index (κ1) is 8.72. The van der Waals surface area contributed by atoms with Crippen molar-refractivity contribution in [2.75, 3.05) is 0 Å². The van der Waals surface area contributed by atoms with E-state index in [2.05, 4.69) is 17.6 Å². The van der Waals surface area contributed by atoms with Crippen LogP contribution in [0.2, 0.25) is 0 Å². The lowest BCUT2D eigenvalue weighted by molar-refractivity contribution is 1.26. The molecule has 1 rings (SSSR count). The third-order valence-electron chi connectivity index (χ3n) is 1.90. The van der Waals surface area contributed by atoms with Gasteiger partial charge >= 0.3 is 0 Å². The maximum Gasteiger partial charge on any atom is 0.0348 e. The Kier molecular flexibility index (Phi) is 2.81. The normalized spacial score (nSPS) is 14.3. The van der Waals surface area contributed by atoms with Gasteiger partial charge in [-0.1, -0.05) is 18.7 Å². The molecule has 0 N–H and O–H groups in total. The summed E-state index contributed by atoms with van der Waals surface area (Å²) in [4.78, 5) is 4.07. The number of aromatic nitrogens is 1. The fourth-order valence-electron chi connectivity index (χ4n) is 1.10. The van der Waals surface area contributed by atoms with E-state index in [-0.39, 0.29) is 0 Å². The van der Waals surface area contributed by atoms with Crippen molar-refractivity contribution in [3.8, 4) is 0 Å². The van der Waals surface area contributed by atoms with Gasteiger partial charge < -0.3 is 0 Å². The molecule has 0 bridgehead atoms. The molecule has 0 spiro atoms. The highest BCUT2D eigenvalue weighted by atomic mass is 14.6. The van der Waals surface area contributed by atoms with Crippen LogP contribution < -0.4 is 10.4 Å². The molecule has 0 aliphatic carbocycles. The maximum atomic E-state index is 4.07. The van der Waals surface area contributed by atoms with Gasteiger partial charge in [-0.25, -0.2) is 0 Å². The van der Waals surface area contributed by atoms with Crippen LogP contribution in [-0.2, 0) is 0 Å². The zero-order chi connectivity index (χ0) is 8.97. The van der Waals surface area contributed by atoms with E-state index in [1.54, 1.807) is 6.20 Å². The lowest BCUT2D eigenvalue weighted by atomic mass is 10.2. The van der Waals surface area contributed by atoms with Crippen molar-refractivity contribution >= 4 is 11.6 Å².